The fraction of sp³-hybridized carbons (Fsp3) is 0.444. The van der Waals surface area contributed by atoms with Crippen LogP contribution in [0.25, 0.3) is 0 Å². The average Bonchev–Trinajstić information content (AvgIpc) is 2.54. The number of hydrogen-bond donors (Lipinski definition) is 1. The summed E-state index contributed by atoms with van der Waals surface area (Å²) >= 11 is 3.18. The second-order valence-corrected chi connectivity index (χ2v) is 16.3. The number of nitrogens with zero attached hydrogens (tertiary/aromatic N) is 2. The summed E-state index contributed by atoms with van der Waals surface area (Å²) in [7, 11) is -1.30. The number of amidine groups is 1. The van der Waals surface area contributed by atoms with Crippen LogP contribution < -0.4 is 0 Å². The summed E-state index contributed by atoms with van der Waals surface area (Å²) in [6.07, 6.45) is 0.471. The lowest BCUT2D eigenvalue weighted by atomic mass is 9.92. The van der Waals surface area contributed by atoms with Gasteiger partial charge in [0.25, 0.3) is 0 Å². The van der Waals surface area contributed by atoms with Crippen LogP contribution in [0, 0.1) is 11.6 Å². The van der Waals surface area contributed by atoms with E-state index < -0.39 is 31.3 Å². The minimum Gasteiger partial charge on any atom is -0.465 e. The summed E-state index contributed by atoms with van der Waals surface area (Å²) in [5, 5.41) is 9.78. The Hall–Kier alpha value is -0.983. The standard InChI is InChI=1S/C18H23F2IN2O3SSi/c1-18(12-6-5-7-13(19)15(12)20)10-14(21)27-16(22-18)23(17(24)25)11-26-8-9-28(2,3)4/h5-7,10H,8-9,11H2,1-4H3,(H,24,25). The van der Waals surface area contributed by atoms with E-state index in [9.17, 15) is 18.7 Å². The van der Waals surface area contributed by atoms with Crippen LogP contribution in [-0.2, 0) is 10.3 Å². The van der Waals surface area contributed by atoms with Gasteiger partial charge >= 0.3 is 6.09 Å². The highest BCUT2D eigenvalue weighted by Gasteiger charge is 2.35. The van der Waals surface area contributed by atoms with Crippen LogP contribution in [0.5, 0.6) is 0 Å². The van der Waals surface area contributed by atoms with Crippen molar-refractivity contribution in [3.63, 3.8) is 0 Å². The molecule has 2 rings (SSSR count). The minimum absolute atomic E-state index is 0.0458. The minimum atomic E-state index is -1.30. The van der Waals surface area contributed by atoms with Crippen molar-refractivity contribution in [3.8, 4) is 0 Å². The first-order valence-corrected chi connectivity index (χ1v) is 14.2. The summed E-state index contributed by atoms with van der Waals surface area (Å²) < 4.78 is 34.4. The Kier molecular flexibility index (Phi) is 7.67. The first-order valence-electron chi connectivity index (χ1n) is 8.62. The molecule has 10 heteroatoms. The molecule has 28 heavy (non-hydrogen) atoms. The molecule has 0 bridgehead atoms. The molecule has 1 unspecified atom stereocenters. The van der Waals surface area contributed by atoms with E-state index in [0.29, 0.717) is 9.52 Å². The van der Waals surface area contributed by atoms with E-state index >= 15 is 0 Å². The third kappa shape index (κ3) is 6.01. The SMILES string of the molecule is CC1(c2cccc(F)c2F)C=C(I)SC(N(COCC[Si](C)(C)C)C(=O)O)=N1. The van der Waals surface area contributed by atoms with Crippen LogP contribution in [0.4, 0.5) is 13.6 Å². The van der Waals surface area contributed by atoms with Crippen molar-refractivity contribution < 1.29 is 23.4 Å². The Morgan fingerprint density at radius 2 is 2.07 bits per heavy atom. The average molecular weight is 540 g/mol. The predicted molar refractivity (Wildman–Crippen MR) is 120 cm³/mol. The molecular weight excluding hydrogens is 517 g/mol. The van der Waals surface area contributed by atoms with Gasteiger partial charge in [-0.15, -0.1) is 0 Å². The van der Waals surface area contributed by atoms with Gasteiger partial charge in [0.2, 0.25) is 0 Å². The van der Waals surface area contributed by atoms with Crippen LogP contribution in [0.2, 0.25) is 25.7 Å². The van der Waals surface area contributed by atoms with Gasteiger partial charge in [0.15, 0.2) is 16.8 Å². The molecule has 1 aromatic carbocycles. The highest BCUT2D eigenvalue weighted by Crippen LogP contribution is 2.41. The lowest BCUT2D eigenvalue weighted by Gasteiger charge is -2.31. The third-order valence-electron chi connectivity index (χ3n) is 4.09. The van der Waals surface area contributed by atoms with Gasteiger partial charge < -0.3 is 9.84 Å². The number of benzene rings is 1. The lowest BCUT2D eigenvalue weighted by molar-refractivity contribution is 0.0705. The van der Waals surface area contributed by atoms with Crippen LogP contribution in [0.1, 0.15) is 12.5 Å². The van der Waals surface area contributed by atoms with Crippen molar-refractivity contribution in [2.75, 3.05) is 13.3 Å². The molecule has 0 saturated heterocycles. The number of rotatable bonds is 6. The highest BCUT2D eigenvalue weighted by atomic mass is 127. The molecule has 1 heterocycles. The number of carboxylic acid groups (broad SMARTS) is 1. The van der Waals surface area contributed by atoms with Gasteiger partial charge in [-0.25, -0.2) is 23.5 Å². The maximum Gasteiger partial charge on any atom is 0.415 e. The first kappa shape index (κ1) is 23.3. The number of hydrogen-bond acceptors (Lipinski definition) is 4. The monoisotopic (exact) mass is 540 g/mol. The number of ether oxygens (including phenoxy) is 1. The summed E-state index contributed by atoms with van der Waals surface area (Å²) in [5.41, 5.74) is -1.18. The van der Waals surface area contributed by atoms with Gasteiger partial charge in [-0.05, 0) is 59.5 Å². The van der Waals surface area contributed by atoms with Crippen LogP contribution >= 0.6 is 34.4 Å². The molecule has 0 aliphatic carbocycles. The largest absolute Gasteiger partial charge is 0.465 e. The first-order chi connectivity index (χ1) is 12.9. The molecule has 5 nitrogen and oxygen atoms in total. The second-order valence-electron chi connectivity index (χ2n) is 7.75. The molecule has 1 atom stereocenters. The molecule has 0 radical (unpaired) electrons. The van der Waals surface area contributed by atoms with E-state index in [4.69, 9.17) is 4.74 Å². The molecule has 1 amide bonds. The maximum atomic E-state index is 14.4. The quantitative estimate of drug-likeness (QED) is 0.213. The fourth-order valence-corrected chi connectivity index (χ4v) is 5.36. The molecule has 0 aromatic heterocycles. The predicted octanol–water partition coefficient (Wildman–Crippen LogP) is 5.85. The second kappa shape index (κ2) is 9.22. The highest BCUT2D eigenvalue weighted by molar-refractivity contribution is 14.1. The molecular formula is C18H23F2IN2O3SSi. The van der Waals surface area contributed by atoms with Crippen LogP contribution in [0.3, 0.4) is 0 Å². The Balaban J connectivity index is 2.29. The summed E-state index contributed by atoms with van der Waals surface area (Å²) in [4.78, 5) is 17.2. The van der Waals surface area contributed by atoms with Crippen molar-refractivity contribution in [2.24, 2.45) is 4.99 Å². The van der Waals surface area contributed by atoms with Crippen molar-refractivity contribution in [2.45, 2.75) is 38.1 Å². The van der Waals surface area contributed by atoms with E-state index in [1.165, 1.54) is 12.1 Å². The van der Waals surface area contributed by atoms with Gasteiger partial charge in [0, 0.05) is 20.2 Å². The number of carbonyl (C=O) groups is 1. The Morgan fingerprint density at radius 3 is 2.68 bits per heavy atom. The number of aliphatic imine (C=N–C) groups is 1. The summed E-state index contributed by atoms with van der Waals surface area (Å²) in [6.45, 7) is 8.53. The van der Waals surface area contributed by atoms with Crippen molar-refractivity contribution in [1.29, 1.82) is 0 Å². The Bertz CT molecular complexity index is 817. The van der Waals surface area contributed by atoms with Crippen LogP contribution in [0.15, 0.2) is 32.2 Å². The topological polar surface area (TPSA) is 62.1 Å². The molecule has 0 spiro atoms. The molecule has 1 aliphatic rings. The molecule has 1 aromatic rings. The smallest absolute Gasteiger partial charge is 0.415 e. The molecule has 0 fully saturated rings. The normalized spacial score (nSPS) is 19.8. The van der Waals surface area contributed by atoms with Gasteiger partial charge in [0.1, 0.15) is 12.3 Å². The Morgan fingerprint density at radius 1 is 1.39 bits per heavy atom. The van der Waals surface area contributed by atoms with Gasteiger partial charge in [-0.3, -0.25) is 0 Å². The third-order valence-corrected chi connectivity index (χ3v) is 7.57. The van der Waals surface area contributed by atoms with Gasteiger partial charge in [-0.1, -0.05) is 31.8 Å². The molecule has 1 aliphatic heterocycles. The maximum absolute atomic E-state index is 14.4. The zero-order valence-corrected chi connectivity index (χ0v) is 20.1. The van der Waals surface area contributed by atoms with E-state index in [1.54, 1.807) is 13.0 Å². The van der Waals surface area contributed by atoms with Gasteiger partial charge in [0.05, 0.1) is 2.91 Å². The van der Waals surface area contributed by atoms with Crippen LogP contribution in [-0.4, -0.2) is 42.7 Å². The van der Waals surface area contributed by atoms with Gasteiger partial charge in [-0.2, -0.15) is 0 Å². The zero-order valence-electron chi connectivity index (χ0n) is 16.1. The summed E-state index contributed by atoms with van der Waals surface area (Å²) in [6, 6.07) is 4.80. The van der Waals surface area contributed by atoms with E-state index in [-0.39, 0.29) is 17.5 Å². The molecule has 0 saturated carbocycles. The van der Waals surface area contributed by atoms with E-state index in [0.717, 1.165) is 28.8 Å². The zero-order chi connectivity index (χ0) is 21.1. The lowest BCUT2D eigenvalue weighted by Crippen LogP contribution is -2.39. The van der Waals surface area contributed by atoms with Crippen molar-refractivity contribution >= 4 is 53.7 Å². The van der Waals surface area contributed by atoms with E-state index in [2.05, 4.69) is 24.6 Å². The Labute approximate surface area is 182 Å². The fourth-order valence-electron chi connectivity index (χ4n) is 2.47. The van der Waals surface area contributed by atoms with Crippen molar-refractivity contribution in [3.05, 3.63) is 44.4 Å². The number of halogens is 3. The number of thioether (sulfide) groups is 1. The van der Waals surface area contributed by atoms with Crippen molar-refractivity contribution in [1.82, 2.24) is 4.90 Å². The molecule has 154 valence electrons. The number of amides is 1. The van der Waals surface area contributed by atoms with E-state index in [1.807, 2.05) is 22.6 Å². The molecule has 1 N–H and O–H groups in total. The summed E-state index contributed by atoms with van der Waals surface area (Å²) in [5.74, 6) is -1.96.